The van der Waals surface area contributed by atoms with Crippen LogP contribution < -0.4 is 5.32 Å². The van der Waals surface area contributed by atoms with Crippen molar-refractivity contribution in [2.45, 2.75) is 32.7 Å². The maximum Gasteiger partial charge on any atom is 0.328 e. The summed E-state index contributed by atoms with van der Waals surface area (Å²) in [7, 11) is 0. The highest BCUT2D eigenvalue weighted by Gasteiger charge is 2.21. The molecule has 0 saturated carbocycles. The molecule has 0 fully saturated rings. The highest BCUT2D eigenvalue weighted by molar-refractivity contribution is 9.10. The van der Waals surface area contributed by atoms with E-state index in [1.165, 1.54) is 0 Å². The van der Waals surface area contributed by atoms with E-state index in [1.807, 2.05) is 6.92 Å². The average molecular weight is 336 g/mol. The molecule has 0 saturated heterocycles. The molecule has 0 aliphatic heterocycles. The summed E-state index contributed by atoms with van der Waals surface area (Å²) in [6, 6.07) is 1.25. The third kappa shape index (κ3) is 4.45. The average Bonchev–Trinajstić information content (AvgIpc) is 2.32. The molecule has 3 nitrogen and oxygen atoms in total. The van der Waals surface area contributed by atoms with Crippen molar-refractivity contribution in [3.05, 3.63) is 28.2 Å². The van der Waals surface area contributed by atoms with Gasteiger partial charge in [0.15, 0.2) is 0 Å². The molecule has 6 heteroatoms. The lowest BCUT2D eigenvalue weighted by Gasteiger charge is -2.19. The summed E-state index contributed by atoms with van der Waals surface area (Å²) in [4.78, 5) is 11.7. The van der Waals surface area contributed by atoms with Crippen LogP contribution in [0, 0.1) is 11.6 Å². The molecule has 0 aliphatic carbocycles. The Bertz CT molecular complexity index is 431. The van der Waals surface area contributed by atoms with Crippen molar-refractivity contribution >= 4 is 27.6 Å². The van der Waals surface area contributed by atoms with Crippen LogP contribution in [0.1, 0.15) is 26.7 Å². The monoisotopic (exact) mass is 335 g/mol. The van der Waals surface area contributed by atoms with Gasteiger partial charge in [-0.25, -0.2) is 13.6 Å². The van der Waals surface area contributed by atoms with Crippen molar-refractivity contribution in [2.75, 3.05) is 11.9 Å². The SMILES string of the molecule is CCCC(Nc1c(F)cc(F)cc1Br)C(=O)OCC. The van der Waals surface area contributed by atoms with Gasteiger partial charge in [0.25, 0.3) is 0 Å². The van der Waals surface area contributed by atoms with E-state index in [4.69, 9.17) is 4.74 Å². The molecule has 1 aromatic carbocycles. The Balaban J connectivity index is 2.93. The normalized spacial score (nSPS) is 12.1. The molecule has 0 aromatic heterocycles. The van der Waals surface area contributed by atoms with Crippen LogP contribution in [-0.2, 0) is 9.53 Å². The van der Waals surface area contributed by atoms with Crippen LogP contribution in [0.3, 0.4) is 0 Å². The van der Waals surface area contributed by atoms with Gasteiger partial charge in [0, 0.05) is 10.5 Å². The number of esters is 1. The summed E-state index contributed by atoms with van der Waals surface area (Å²) >= 11 is 3.07. The van der Waals surface area contributed by atoms with E-state index in [2.05, 4.69) is 21.2 Å². The topological polar surface area (TPSA) is 38.3 Å². The number of hydrogen-bond donors (Lipinski definition) is 1. The summed E-state index contributed by atoms with van der Waals surface area (Å²) in [6.07, 6.45) is 1.24. The van der Waals surface area contributed by atoms with Crippen molar-refractivity contribution in [3.63, 3.8) is 0 Å². The minimum Gasteiger partial charge on any atom is -0.464 e. The van der Waals surface area contributed by atoms with Crippen LogP contribution in [0.2, 0.25) is 0 Å². The molecular weight excluding hydrogens is 320 g/mol. The number of anilines is 1. The Morgan fingerprint density at radius 3 is 2.63 bits per heavy atom. The zero-order valence-corrected chi connectivity index (χ0v) is 12.4. The summed E-state index contributed by atoms with van der Waals surface area (Å²) < 4.78 is 31.8. The van der Waals surface area contributed by atoms with E-state index in [0.29, 0.717) is 6.42 Å². The van der Waals surface area contributed by atoms with Crippen molar-refractivity contribution < 1.29 is 18.3 Å². The van der Waals surface area contributed by atoms with Gasteiger partial charge in [-0.1, -0.05) is 13.3 Å². The second-order valence-electron chi connectivity index (χ2n) is 3.98. The van der Waals surface area contributed by atoms with Crippen LogP contribution in [-0.4, -0.2) is 18.6 Å². The van der Waals surface area contributed by atoms with Crippen molar-refractivity contribution in [1.82, 2.24) is 0 Å². The van der Waals surface area contributed by atoms with Crippen LogP contribution in [0.15, 0.2) is 16.6 Å². The summed E-state index contributed by atoms with van der Waals surface area (Å²) in [6.45, 7) is 3.87. The van der Waals surface area contributed by atoms with Crippen molar-refractivity contribution in [1.29, 1.82) is 0 Å². The highest BCUT2D eigenvalue weighted by Crippen LogP contribution is 2.28. The first-order chi connectivity index (χ1) is 8.99. The number of carbonyl (C=O) groups is 1. The Labute approximate surface area is 119 Å². The lowest BCUT2D eigenvalue weighted by atomic mass is 10.1. The number of benzene rings is 1. The molecule has 1 aromatic rings. The van der Waals surface area contributed by atoms with Crippen LogP contribution in [0.4, 0.5) is 14.5 Å². The third-order valence-electron chi connectivity index (χ3n) is 2.47. The summed E-state index contributed by atoms with van der Waals surface area (Å²) in [5.74, 6) is -1.88. The molecule has 0 radical (unpaired) electrons. The molecule has 0 heterocycles. The molecule has 0 bridgehead atoms. The summed E-state index contributed by atoms with van der Waals surface area (Å²) in [5, 5.41) is 2.77. The molecule has 106 valence electrons. The lowest BCUT2D eigenvalue weighted by molar-refractivity contribution is -0.144. The molecule has 19 heavy (non-hydrogen) atoms. The van der Waals surface area contributed by atoms with E-state index in [-0.39, 0.29) is 16.8 Å². The minimum atomic E-state index is -0.753. The smallest absolute Gasteiger partial charge is 0.328 e. The fourth-order valence-corrected chi connectivity index (χ4v) is 2.16. The van der Waals surface area contributed by atoms with E-state index in [9.17, 15) is 13.6 Å². The quantitative estimate of drug-likeness (QED) is 0.802. The maximum atomic E-state index is 13.7. The molecule has 1 rings (SSSR count). The Kier molecular flexibility index (Phi) is 6.21. The Morgan fingerprint density at radius 1 is 1.42 bits per heavy atom. The highest BCUT2D eigenvalue weighted by atomic mass is 79.9. The predicted molar refractivity (Wildman–Crippen MR) is 73.0 cm³/mol. The maximum absolute atomic E-state index is 13.7. The van der Waals surface area contributed by atoms with Gasteiger partial charge in [-0.05, 0) is 35.3 Å². The second kappa shape index (κ2) is 7.43. The van der Waals surface area contributed by atoms with Gasteiger partial charge in [0.05, 0.1) is 12.3 Å². The Morgan fingerprint density at radius 2 is 2.11 bits per heavy atom. The van der Waals surface area contributed by atoms with Crippen LogP contribution in [0.25, 0.3) is 0 Å². The van der Waals surface area contributed by atoms with Gasteiger partial charge in [-0.3, -0.25) is 0 Å². The molecule has 0 amide bonds. The number of ether oxygens (including phenoxy) is 1. The molecule has 0 aliphatic rings. The zero-order valence-electron chi connectivity index (χ0n) is 10.8. The molecule has 1 unspecified atom stereocenters. The van der Waals surface area contributed by atoms with Gasteiger partial charge < -0.3 is 10.1 Å². The third-order valence-corrected chi connectivity index (χ3v) is 3.10. The van der Waals surface area contributed by atoms with Crippen LogP contribution >= 0.6 is 15.9 Å². The molecular formula is C13H16BrF2NO2. The van der Waals surface area contributed by atoms with E-state index in [1.54, 1.807) is 6.92 Å². The first kappa shape index (κ1) is 15.9. The van der Waals surface area contributed by atoms with Gasteiger partial charge >= 0.3 is 5.97 Å². The van der Waals surface area contributed by atoms with Gasteiger partial charge in [0.2, 0.25) is 0 Å². The number of halogens is 3. The summed E-state index contributed by atoms with van der Waals surface area (Å²) in [5.41, 5.74) is 0.0629. The second-order valence-corrected chi connectivity index (χ2v) is 4.84. The van der Waals surface area contributed by atoms with E-state index < -0.39 is 23.6 Å². The standard InChI is InChI=1S/C13H16BrF2NO2/c1-3-5-11(13(18)19-4-2)17-12-9(14)6-8(15)7-10(12)16/h6-7,11,17H,3-5H2,1-2H3. The first-order valence-electron chi connectivity index (χ1n) is 6.07. The van der Waals surface area contributed by atoms with Gasteiger partial charge in [-0.2, -0.15) is 0 Å². The fourth-order valence-electron chi connectivity index (χ4n) is 1.63. The van der Waals surface area contributed by atoms with Gasteiger partial charge in [0.1, 0.15) is 17.7 Å². The van der Waals surface area contributed by atoms with Crippen molar-refractivity contribution in [2.24, 2.45) is 0 Å². The van der Waals surface area contributed by atoms with E-state index >= 15 is 0 Å². The number of hydrogen-bond acceptors (Lipinski definition) is 3. The molecule has 0 spiro atoms. The fraction of sp³-hybridized carbons (Fsp3) is 0.462. The largest absolute Gasteiger partial charge is 0.464 e. The number of nitrogens with one attached hydrogen (secondary N) is 1. The predicted octanol–water partition coefficient (Wildman–Crippen LogP) is 3.87. The lowest BCUT2D eigenvalue weighted by Crippen LogP contribution is -2.31. The molecule has 1 N–H and O–H groups in total. The Hall–Kier alpha value is -1.17. The minimum absolute atomic E-state index is 0.0629. The number of carbonyl (C=O) groups excluding carboxylic acids is 1. The van der Waals surface area contributed by atoms with Crippen LogP contribution in [0.5, 0.6) is 0 Å². The number of rotatable bonds is 6. The molecule has 1 atom stereocenters. The van der Waals surface area contributed by atoms with Gasteiger partial charge in [-0.15, -0.1) is 0 Å². The van der Waals surface area contributed by atoms with E-state index in [0.717, 1.165) is 18.6 Å². The zero-order chi connectivity index (χ0) is 14.4. The first-order valence-corrected chi connectivity index (χ1v) is 6.86. The van der Waals surface area contributed by atoms with Crippen molar-refractivity contribution in [3.8, 4) is 0 Å².